The van der Waals surface area contributed by atoms with E-state index < -0.39 is 95.4 Å². The highest BCUT2D eigenvalue weighted by molar-refractivity contribution is 7.34. The van der Waals surface area contributed by atoms with Crippen LogP contribution >= 0.6 is 22.7 Å². The summed E-state index contributed by atoms with van der Waals surface area (Å²) in [4.78, 5) is 4.41. The van der Waals surface area contributed by atoms with Crippen molar-refractivity contribution in [3.05, 3.63) is 343 Å². The molecule has 0 fully saturated rings. The van der Waals surface area contributed by atoms with E-state index in [9.17, 15) is 0 Å². The van der Waals surface area contributed by atoms with Crippen molar-refractivity contribution >= 4 is 227 Å². The van der Waals surface area contributed by atoms with Gasteiger partial charge < -0.3 is 42.6 Å². The molecule has 21 aromatic rings. The van der Waals surface area contributed by atoms with Crippen LogP contribution in [0.5, 0.6) is 34.5 Å². The standard InChI is InChI=1S/C100H47B3F10N6O3S2/c104-63-24-9-20-53-54-21-10-25-64(105)91(54)115(90(53)63)49-39-79-88-83(42-49)121-97-57-18-3-7-36-85(57)123-99(97)102(88)60-44-59-75(46-76(60)118(79)95-69(110)30-14-31-70(95)111)117(94-67(108)28-13-29-68(94)109)78-38-48(114-73-34-5-1-16-51(73)52-17-2-6-35-74(52)114)41-82-87(78)101(59)62-45-61-77(47-81(62)120-82)119(96-71(112)32-15-33-72(96)113)80-40-50(116-92-55(22-11-26-65(92)106)56-23-12-27-66(107)93(56)116)43-84-89(80)103(61)100-98(122-84)58-19-4-8-37-86(58)124-100/h1-47H. The Morgan fingerprint density at radius 2 is 0.540 bits per heavy atom. The molecule has 6 aliphatic heterocycles. The summed E-state index contributed by atoms with van der Waals surface area (Å²) in [5.41, 5.74) is 4.86. The lowest BCUT2D eigenvalue weighted by atomic mass is 9.30. The quantitative estimate of drug-likeness (QED) is 0.122. The molecule has 0 saturated heterocycles. The maximum Gasteiger partial charge on any atom is 0.268 e. The van der Waals surface area contributed by atoms with Gasteiger partial charge in [0.15, 0.2) is 0 Å². The van der Waals surface area contributed by atoms with Gasteiger partial charge in [0.1, 0.15) is 110 Å². The van der Waals surface area contributed by atoms with Crippen molar-refractivity contribution in [2.75, 3.05) is 14.7 Å². The van der Waals surface area contributed by atoms with E-state index in [0.29, 0.717) is 91.9 Å². The van der Waals surface area contributed by atoms with E-state index in [1.165, 1.54) is 89.0 Å². The molecule has 24 heteroatoms. The number of fused-ring (bicyclic) bond motifs is 25. The number of benzene rings is 16. The molecule has 0 aliphatic carbocycles. The molecule has 16 aromatic carbocycles. The zero-order valence-electron chi connectivity index (χ0n) is 63.9. The summed E-state index contributed by atoms with van der Waals surface area (Å²) in [5.74, 6) is -7.03. The number of rotatable bonds is 6. The number of aromatic nitrogens is 3. The minimum absolute atomic E-state index is 0.00894. The van der Waals surface area contributed by atoms with Crippen LogP contribution in [0.2, 0.25) is 0 Å². The Labute approximate surface area is 704 Å². The zero-order chi connectivity index (χ0) is 82.6. The normalized spacial score (nSPS) is 13.7. The van der Waals surface area contributed by atoms with Crippen LogP contribution in [0.1, 0.15) is 0 Å². The minimum atomic E-state index is -1.08. The maximum atomic E-state index is 18.4. The Balaban J connectivity index is 0.787. The molecular weight excluding hydrogens is 1620 g/mol. The minimum Gasteiger partial charge on any atom is -0.458 e. The van der Waals surface area contributed by atoms with Gasteiger partial charge in [0.05, 0.1) is 50.2 Å². The third-order valence-electron chi connectivity index (χ3n) is 25.8. The van der Waals surface area contributed by atoms with Crippen LogP contribution in [-0.2, 0) is 0 Å². The van der Waals surface area contributed by atoms with Crippen molar-refractivity contribution in [2.24, 2.45) is 0 Å². The Morgan fingerprint density at radius 1 is 0.234 bits per heavy atom. The van der Waals surface area contributed by atoms with E-state index in [1.807, 2.05) is 126 Å². The first-order chi connectivity index (χ1) is 60.7. The third-order valence-corrected chi connectivity index (χ3v) is 28.2. The van der Waals surface area contributed by atoms with Gasteiger partial charge in [0.25, 0.3) is 20.1 Å². The fourth-order valence-corrected chi connectivity index (χ4v) is 23.5. The topological polar surface area (TPSA) is 52.2 Å². The maximum absolute atomic E-state index is 18.4. The van der Waals surface area contributed by atoms with Crippen LogP contribution in [0.25, 0.3) is 103 Å². The molecule has 0 saturated carbocycles. The van der Waals surface area contributed by atoms with Crippen LogP contribution in [0.3, 0.4) is 0 Å². The van der Waals surface area contributed by atoms with Crippen LogP contribution in [0.4, 0.5) is 95.1 Å². The average Bonchev–Trinajstić information content (AvgIpc) is 0.918. The lowest BCUT2D eigenvalue weighted by Crippen LogP contribution is -2.65. The summed E-state index contributed by atoms with van der Waals surface area (Å²) in [6.45, 7) is -2.88. The predicted octanol–water partition coefficient (Wildman–Crippen LogP) is 22.0. The van der Waals surface area contributed by atoms with Crippen molar-refractivity contribution < 1.29 is 58.1 Å². The summed E-state index contributed by atoms with van der Waals surface area (Å²) in [6.07, 6.45) is 0. The zero-order valence-corrected chi connectivity index (χ0v) is 65.5. The molecule has 0 amide bonds. The Morgan fingerprint density at radius 3 is 0.944 bits per heavy atom. The lowest BCUT2D eigenvalue weighted by Gasteiger charge is -2.45. The van der Waals surface area contributed by atoms with E-state index in [2.05, 4.69) is 0 Å². The van der Waals surface area contributed by atoms with Crippen molar-refractivity contribution in [1.82, 2.24) is 13.7 Å². The number of nitrogens with zero attached hydrogens (tertiary/aromatic N) is 6. The monoisotopic (exact) mass is 1670 g/mol. The van der Waals surface area contributed by atoms with Gasteiger partial charge in [-0.05, 0) is 160 Å². The van der Waals surface area contributed by atoms with Crippen LogP contribution in [0.15, 0.2) is 285 Å². The fraction of sp³-hybridized carbons (Fsp3) is 0. The van der Waals surface area contributed by atoms with Gasteiger partial charge >= 0.3 is 0 Å². The van der Waals surface area contributed by atoms with Crippen LogP contribution < -0.4 is 76.7 Å². The van der Waals surface area contributed by atoms with E-state index >= 15 is 43.9 Å². The molecule has 27 rings (SSSR count). The largest absolute Gasteiger partial charge is 0.458 e. The Hall–Kier alpha value is -14.9. The first-order valence-electron chi connectivity index (χ1n) is 40.1. The molecule has 0 atom stereocenters. The molecule has 6 aliphatic rings. The number of ether oxygens (including phenoxy) is 3. The molecule has 0 spiro atoms. The van der Waals surface area contributed by atoms with Crippen molar-refractivity contribution in [1.29, 1.82) is 0 Å². The SMILES string of the molecule is Fc1cccc(F)c1N1c2cc3c(cc2B2c4cc5c(cc4Oc4cc(-n6c7ccccc7c7ccccc76)cc1c42)N(c1c(F)cccc1F)c1cc(-n2c4c(F)cccc4c4cccc(F)c42)cc2c1B5c1sc4ccccc4c1O2)B1c2sc4ccccc4c2Oc2cc(-n4c5c(F)cccc5c5cccc(F)c54)cc(c21)N3c1c(F)cccc1F. The fourth-order valence-electron chi connectivity index (χ4n) is 21.0. The van der Waals surface area contributed by atoms with Gasteiger partial charge in [-0.2, -0.15) is 0 Å². The predicted molar refractivity (Wildman–Crippen MR) is 477 cm³/mol. The number of halogens is 10. The molecular formula is C100H47B3F10N6O3S2. The first kappa shape index (κ1) is 69.9. The van der Waals surface area contributed by atoms with Gasteiger partial charge in [-0.25, -0.2) is 43.9 Å². The summed E-state index contributed by atoms with van der Waals surface area (Å²) in [5, 5.41) is 4.77. The lowest BCUT2D eigenvalue weighted by molar-refractivity contribution is 0.487. The first-order valence-corrected chi connectivity index (χ1v) is 41.7. The molecule has 0 bridgehead atoms. The van der Waals surface area contributed by atoms with Gasteiger partial charge in [-0.1, -0.05) is 140 Å². The van der Waals surface area contributed by atoms with Crippen LogP contribution in [0, 0.1) is 58.2 Å². The van der Waals surface area contributed by atoms with E-state index in [0.717, 1.165) is 73.0 Å². The third kappa shape index (κ3) is 9.15. The van der Waals surface area contributed by atoms with E-state index in [1.54, 1.807) is 84.9 Å². The average molecular weight is 1670 g/mol. The van der Waals surface area contributed by atoms with Gasteiger partial charge in [-0.15, -0.1) is 22.7 Å². The van der Waals surface area contributed by atoms with Gasteiger partial charge in [-0.3, -0.25) is 0 Å². The second-order valence-electron chi connectivity index (χ2n) is 32.0. The molecule has 0 unspecified atom stereocenters. The van der Waals surface area contributed by atoms with Crippen LogP contribution in [-0.4, -0.2) is 33.8 Å². The summed E-state index contributed by atoms with van der Waals surface area (Å²) in [6, 6.07) is 77.6. The van der Waals surface area contributed by atoms with E-state index in [-0.39, 0.29) is 90.6 Å². The van der Waals surface area contributed by atoms with Crippen molar-refractivity contribution in [3.8, 4) is 51.6 Å². The number of thiophene rings is 2. The Kier molecular flexibility index (Phi) is 14.0. The number of anilines is 9. The summed E-state index contributed by atoms with van der Waals surface area (Å²) < 4.78 is 208. The molecule has 124 heavy (non-hydrogen) atoms. The summed E-state index contributed by atoms with van der Waals surface area (Å²) >= 11 is 2.90. The van der Waals surface area contributed by atoms with Crippen molar-refractivity contribution in [3.63, 3.8) is 0 Å². The molecule has 586 valence electrons. The van der Waals surface area contributed by atoms with Gasteiger partial charge in [0.2, 0.25) is 0 Å². The van der Waals surface area contributed by atoms with Crippen molar-refractivity contribution in [2.45, 2.75) is 0 Å². The van der Waals surface area contributed by atoms with E-state index in [4.69, 9.17) is 14.2 Å². The Bertz CT molecular complexity index is 8330. The van der Waals surface area contributed by atoms with Gasteiger partial charge in [0, 0.05) is 120 Å². The number of hydrogen-bond donors (Lipinski definition) is 0. The molecule has 0 N–H and O–H groups in total. The highest BCUT2D eigenvalue weighted by Crippen LogP contribution is 2.55. The second-order valence-corrected chi connectivity index (χ2v) is 34.2. The highest BCUT2D eigenvalue weighted by Gasteiger charge is 2.53. The smallest absolute Gasteiger partial charge is 0.268 e. The molecule has 9 nitrogen and oxygen atoms in total. The molecule has 0 radical (unpaired) electrons. The molecule has 5 aromatic heterocycles. The highest BCUT2D eigenvalue weighted by atomic mass is 32.1. The number of para-hydroxylation sites is 9. The second kappa shape index (κ2) is 24.9. The number of hydrogen-bond acceptors (Lipinski definition) is 8. The summed E-state index contributed by atoms with van der Waals surface area (Å²) in [7, 11) is 0. The molecule has 11 heterocycles.